The Hall–Kier alpha value is -2.16. The summed E-state index contributed by atoms with van der Waals surface area (Å²) in [6.07, 6.45) is 3.18. The Balaban J connectivity index is 1.51. The van der Waals surface area contributed by atoms with Gasteiger partial charge in [0.2, 0.25) is 15.9 Å². The minimum Gasteiger partial charge on any atom is -0.467 e. The van der Waals surface area contributed by atoms with Crippen molar-refractivity contribution in [2.75, 3.05) is 27.2 Å². The van der Waals surface area contributed by atoms with E-state index in [0.717, 1.165) is 37.3 Å². The Morgan fingerprint density at radius 3 is 2.61 bits per heavy atom. The molecule has 0 atom stereocenters. The van der Waals surface area contributed by atoms with Crippen molar-refractivity contribution in [3.63, 3.8) is 0 Å². The zero-order valence-electron chi connectivity index (χ0n) is 16.3. The number of carbonyl (C=O) groups excluding carboxylic acids is 1. The van der Waals surface area contributed by atoms with Crippen molar-refractivity contribution >= 4 is 15.9 Å². The van der Waals surface area contributed by atoms with Gasteiger partial charge in [0.05, 0.1) is 17.7 Å². The minimum atomic E-state index is -3.43. The van der Waals surface area contributed by atoms with Crippen LogP contribution >= 0.6 is 0 Å². The highest BCUT2D eigenvalue weighted by Gasteiger charge is 2.25. The first kappa shape index (κ1) is 20.6. The van der Waals surface area contributed by atoms with Crippen LogP contribution in [0.5, 0.6) is 0 Å². The lowest BCUT2D eigenvalue weighted by atomic mass is 9.95. The summed E-state index contributed by atoms with van der Waals surface area (Å²) in [5.74, 6) is 0.820. The quantitative estimate of drug-likeness (QED) is 0.762. The molecule has 1 aromatic carbocycles. The summed E-state index contributed by atoms with van der Waals surface area (Å²) in [7, 11) is -0.368. The predicted molar refractivity (Wildman–Crippen MR) is 106 cm³/mol. The van der Waals surface area contributed by atoms with Crippen molar-refractivity contribution in [2.45, 2.75) is 30.8 Å². The molecule has 8 heteroatoms. The Labute approximate surface area is 166 Å². The maximum atomic E-state index is 12.3. The van der Waals surface area contributed by atoms with Gasteiger partial charge in [-0.2, -0.15) is 0 Å². The minimum absolute atomic E-state index is 0.00617. The third-order valence-corrected chi connectivity index (χ3v) is 6.87. The summed E-state index contributed by atoms with van der Waals surface area (Å²) in [6, 6.07) is 10.7. The van der Waals surface area contributed by atoms with Crippen LogP contribution in [0.1, 0.15) is 24.2 Å². The highest BCUT2D eigenvalue weighted by Crippen LogP contribution is 2.21. The topological polar surface area (TPSA) is 82.9 Å². The SMILES string of the molecule is CN(C)S(=O)(=O)c1cccc(CN2CCC(C(=O)NCc3ccco3)CC2)c1. The lowest BCUT2D eigenvalue weighted by molar-refractivity contribution is -0.126. The zero-order valence-corrected chi connectivity index (χ0v) is 17.1. The molecule has 1 fully saturated rings. The standard InChI is InChI=1S/C20H27N3O4S/c1-22(2)28(25,26)19-7-3-5-16(13-19)15-23-10-8-17(9-11-23)20(24)21-14-18-6-4-12-27-18/h3-7,12-13,17H,8-11,14-15H2,1-2H3,(H,21,24). The average Bonchev–Trinajstić information content (AvgIpc) is 3.20. The van der Waals surface area contributed by atoms with Crippen LogP contribution in [0, 0.1) is 5.92 Å². The third-order valence-electron chi connectivity index (χ3n) is 5.06. The third kappa shape index (κ3) is 5.01. The lowest BCUT2D eigenvalue weighted by Crippen LogP contribution is -2.40. The van der Waals surface area contributed by atoms with Crippen LogP contribution in [-0.4, -0.2) is 50.7 Å². The first-order valence-electron chi connectivity index (χ1n) is 9.40. The summed E-state index contributed by atoms with van der Waals surface area (Å²) >= 11 is 0. The summed E-state index contributed by atoms with van der Waals surface area (Å²) in [5, 5.41) is 2.93. The molecule has 1 aliphatic rings. The molecule has 0 spiro atoms. The van der Waals surface area contributed by atoms with Crippen LogP contribution in [0.3, 0.4) is 0 Å². The molecule has 1 saturated heterocycles. The van der Waals surface area contributed by atoms with E-state index in [1.165, 1.54) is 18.4 Å². The summed E-state index contributed by atoms with van der Waals surface area (Å²) in [5.41, 5.74) is 0.962. The van der Waals surface area contributed by atoms with Crippen LogP contribution in [-0.2, 0) is 27.9 Å². The Morgan fingerprint density at radius 2 is 1.96 bits per heavy atom. The largest absolute Gasteiger partial charge is 0.467 e. The summed E-state index contributed by atoms with van der Waals surface area (Å²) in [4.78, 5) is 14.9. The van der Waals surface area contributed by atoms with Crippen LogP contribution in [0.15, 0.2) is 52.0 Å². The molecule has 28 heavy (non-hydrogen) atoms. The summed E-state index contributed by atoms with van der Waals surface area (Å²) < 4.78 is 31.1. The van der Waals surface area contributed by atoms with E-state index in [0.29, 0.717) is 18.0 Å². The van der Waals surface area contributed by atoms with Gasteiger partial charge in [-0.05, 0) is 55.8 Å². The number of carbonyl (C=O) groups is 1. The zero-order chi connectivity index (χ0) is 20.1. The monoisotopic (exact) mass is 405 g/mol. The van der Waals surface area contributed by atoms with Crippen molar-refractivity contribution in [1.29, 1.82) is 0 Å². The van der Waals surface area contributed by atoms with Gasteiger partial charge in [-0.15, -0.1) is 0 Å². The van der Waals surface area contributed by atoms with Crippen molar-refractivity contribution in [3.05, 3.63) is 54.0 Å². The van der Waals surface area contributed by atoms with E-state index in [2.05, 4.69) is 10.2 Å². The molecule has 0 saturated carbocycles. The molecule has 2 aromatic rings. The van der Waals surface area contributed by atoms with Gasteiger partial charge < -0.3 is 9.73 Å². The number of furan rings is 1. The van der Waals surface area contributed by atoms with Crippen LogP contribution < -0.4 is 5.32 Å². The van der Waals surface area contributed by atoms with E-state index in [1.807, 2.05) is 12.1 Å². The number of piperidine rings is 1. The van der Waals surface area contributed by atoms with Gasteiger partial charge in [-0.3, -0.25) is 9.69 Å². The second kappa shape index (κ2) is 8.89. The van der Waals surface area contributed by atoms with Gasteiger partial charge in [0.15, 0.2) is 0 Å². The number of hydrogen-bond donors (Lipinski definition) is 1. The number of hydrogen-bond acceptors (Lipinski definition) is 5. The maximum absolute atomic E-state index is 12.3. The molecule has 1 amide bonds. The first-order chi connectivity index (χ1) is 13.4. The molecule has 1 N–H and O–H groups in total. The second-order valence-corrected chi connectivity index (χ2v) is 9.43. The van der Waals surface area contributed by atoms with Crippen LogP contribution in [0.2, 0.25) is 0 Å². The maximum Gasteiger partial charge on any atom is 0.242 e. The van der Waals surface area contributed by atoms with Crippen molar-refractivity contribution in [1.82, 2.24) is 14.5 Å². The Bertz CT molecular complexity index is 886. The number of rotatable bonds is 7. The molecule has 0 bridgehead atoms. The number of likely N-dealkylation sites (tertiary alicyclic amines) is 1. The number of amides is 1. The van der Waals surface area contributed by atoms with E-state index in [1.54, 1.807) is 30.5 Å². The van der Waals surface area contributed by atoms with Gasteiger partial charge in [-0.25, -0.2) is 12.7 Å². The molecular weight excluding hydrogens is 378 g/mol. The Kier molecular flexibility index (Phi) is 6.53. The van der Waals surface area contributed by atoms with E-state index in [-0.39, 0.29) is 11.8 Å². The molecule has 0 aliphatic carbocycles. The van der Waals surface area contributed by atoms with Crippen molar-refractivity contribution < 1.29 is 17.6 Å². The molecule has 0 radical (unpaired) electrons. The lowest BCUT2D eigenvalue weighted by Gasteiger charge is -2.31. The number of benzene rings is 1. The first-order valence-corrected chi connectivity index (χ1v) is 10.8. The number of nitrogens with zero attached hydrogens (tertiary/aromatic N) is 2. The van der Waals surface area contributed by atoms with Gasteiger partial charge in [0, 0.05) is 26.6 Å². The highest BCUT2D eigenvalue weighted by atomic mass is 32.2. The predicted octanol–water partition coefficient (Wildman–Crippen LogP) is 2.06. The fraction of sp³-hybridized carbons (Fsp3) is 0.450. The summed E-state index contributed by atoms with van der Waals surface area (Å²) in [6.45, 7) is 2.71. The van der Waals surface area contributed by atoms with E-state index < -0.39 is 10.0 Å². The second-order valence-electron chi connectivity index (χ2n) is 7.28. The molecule has 152 valence electrons. The fourth-order valence-corrected chi connectivity index (χ4v) is 4.33. The van der Waals surface area contributed by atoms with Crippen molar-refractivity contribution in [3.8, 4) is 0 Å². The highest BCUT2D eigenvalue weighted by molar-refractivity contribution is 7.89. The van der Waals surface area contributed by atoms with Crippen LogP contribution in [0.4, 0.5) is 0 Å². The van der Waals surface area contributed by atoms with Gasteiger partial charge in [0.1, 0.15) is 5.76 Å². The molecule has 0 unspecified atom stereocenters. The van der Waals surface area contributed by atoms with Gasteiger partial charge in [-0.1, -0.05) is 12.1 Å². The number of sulfonamides is 1. The molecule has 3 rings (SSSR count). The van der Waals surface area contributed by atoms with Gasteiger partial charge in [0.25, 0.3) is 0 Å². The molecule has 7 nitrogen and oxygen atoms in total. The van der Waals surface area contributed by atoms with E-state index in [4.69, 9.17) is 4.42 Å². The van der Waals surface area contributed by atoms with Crippen LogP contribution in [0.25, 0.3) is 0 Å². The molecule has 2 heterocycles. The van der Waals surface area contributed by atoms with E-state index in [9.17, 15) is 13.2 Å². The molecular formula is C20H27N3O4S. The fourth-order valence-electron chi connectivity index (χ4n) is 3.36. The Morgan fingerprint density at radius 1 is 1.21 bits per heavy atom. The van der Waals surface area contributed by atoms with Crippen molar-refractivity contribution in [2.24, 2.45) is 5.92 Å². The number of nitrogens with one attached hydrogen (secondary N) is 1. The average molecular weight is 406 g/mol. The molecule has 1 aliphatic heterocycles. The normalized spacial score (nSPS) is 16.4. The molecule has 1 aromatic heterocycles. The smallest absolute Gasteiger partial charge is 0.242 e. The van der Waals surface area contributed by atoms with Gasteiger partial charge >= 0.3 is 0 Å². The van der Waals surface area contributed by atoms with E-state index >= 15 is 0 Å².